The van der Waals surface area contributed by atoms with E-state index in [1.807, 2.05) is 18.2 Å². The number of benzene rings is 2. The van der Waals surface area contributed by atoms with Crippen LogP contribution in [0.25, 0.3) is 10.8 Å². The van der Waals surface area contributed by atoms with Crippen molar-refractivity contribution in [2.45, 2.75) is 26.4 Å². The topological polar surface area (TPSA) is 61.5 Å². The minimum atomic E-state index is -0.720. The van der Waals surface area contributed by atoms with Crippen LogP contribution in [0.4, 0.5) is 10.5 Å². The van der Waals surface area contributed by atoms with E-state index in [2.05, 4.69) is 0 Å². The molecule has 100 valence electrons. The molecule has 0 aromatic heterocycles. The first-order valence-electron chi connectivity index (χ1n) is 6.05. The van der Waals surface area contributed by atoms with Crippen molar-refractivity contribution < 1.29 is 14.3 Å². The Kier molecular flexibility index (Phi) is 3.34. The molecule has 0 fully saturated rings. The van der Waals surface area contributed by atoms with E-state index >= 15 is 0 Å². The number of nitrogens with two attached hydrogens (primary N) is 1. The van der Waals surface area contributed by atoms with Gasteiger partial charge in [0.25, 0.3) is 0 Å². The van der Waals surface area contributed by atoms with Gasteiger partial charge in [0.1, 0.15) is 11.4 Å². The Morgan fingerprint density at radius 3 is 2.37 bits per heavy atom. The summed E-state index contributed by atoms with van der Waals surface area (Å²) in [5.41, 5.74) is 5.95. The lowest BCUT2D eigenvalue weighted by Crippen LogP contribution is -2.26. The van der Waals surface area contributed by atoms with Gasteiger partial charge < -0.3 is 15.2 Å². The van der Waals surface area contributed by atoms with Gasteiger partial charge in [-0.05, 0) is 32.9 Å². The van der Waals surface area contributed by atoms with Gasteiger partial charge in [-0.15, -0.1) is 0 Å². The molecule has 0 aliphatic heterocycles. The monoisotopic (exact) mass is 259 g/mol. The van der Waals surface area contributed by atoms with Gasteiger partial charge in [-0.3, -0.25) is 0 Å². The molecule has 0 aliphatic carbocycles. The van der Waals surface area contributed by atoms with E-state index in [-0.39, 0.29) is 0 Å². The summed E-state index contributed by atoms with van der Waals surface area (Å²) in [5, 5.41) is 1.64. The summed E-state index contributed by atoms with van der Waals surface area (Å²) in [5.74, 6) is 0.444. The number of carbonyl (C=O) groups is 1. The number of carbonyl (C=O) groups excluding carboxylic acids is 1. The largest absolute Gasteiger partial charge is 0.514 e. The van der Waals surface area contributed by atoms with Gasteiger partial charge in [0.2, 0.25) is 0 Å². The molecular formula is C15H17NO3. The Labute approximate surface area is 112 Å². The summed E-state index contributed by atoms with van der Waals surface area (Å²) < 4.78 is 10.4. The molecule has 2 aromatic carbocycles. The third kappa shape index (κ3) is 3.16. The lowest BCUT2D eigenvalue weighted by Gasteiger charge is -2.19. The first kappa shape index (κ1) is 13.2. The van der Waals surface area contributed by atoms with Crippen molar-refractivity contribution in [2.24, 2.45) is 0 Å². The summed E-state index contributed by atoms with van der Waals surface area (Å²) >= 11 is 0. The molecule has 0 heterocycles. The summed E-state index contributed by atoms with van der Waals surface area (Å²) in [6, 6.07) is 10.9. The fourth-order valence-electron chi connectivity index (χ4n) is 1.76. The van der Waals surface area contributed by atoms with Crippen molar-refractivity contribution in [3.63, 3.8) is 0 Å². The molecule has 2 N–H and O–H groups in total. The second-order valence-electron chi connectivity index (χ2n) is 5.27. The van der Waals surface area contributed by atoms with Gasteiger partial charge in [-0.2, -0.15) is 0 Å². The van der Waals surface area contributed by atoms with Gasteiger partial charge in [0.05, 0.1) is 0 Å². The number of rotatable bonds is 1. The molecule has 2 aromatic rings. The van der Waals surface area contributed by atoms with Crippen LogP contribution in [0.5, 0.6) is 5.75 Å². The van der Waals surface area contributed by atoms with Crippen molar-refractivity contribution in [3.8, 4) is 5.75 Å². The van der Waals surface area contributed by atoms with Crippen molar-refractivity contribution >= 4 is 22.6 Å². The smallest absolute Gasteiger partial charge is 0.428 e. The van der Waals surface area contributed by atoms with E-state index in [1.165, 1.54) is 0 Å². The number of fused-ring (bicyclic) bond motifs is 1. The molecule has 19 heavy (non-hydrogen) atoms. The Hall–Kier alpha value is -2.23. The van der Waals surface area contributed by atoms with Gasteiger partial charge >= 0.3 is 6.16 Å². The van der Waals surface area contributed by atoms with Crippen molar-refractivity contribution in [2.75, 3.05) is 5.73 Å². The van der Waals surface area contributed by atoms with Gasteiger partial charge in [-0.1, -0.05) is 24.3 Å². The Morgan fingerprint density at radius 1 is 1.05 bits per heavy atom. The molecule has 0 atom stereocenters. The van der Waals surface area contributed by atoms with Crippen molar-refractivity contribution in [1.29, 1.82) is 0 Å². The maximum Gasteiger partial charge on any atom is 0.514 e. The fraction of sp³-hybridized carbons (Fsp3) is 0.267. The van der Waals surface area contributed by atoms with Crippen LogP contribution in [0.3, 0.4) is 0 Å². The van der Waals surface area contributed by atoms with Crippen molar-refractivity contribution in [1.82, 2.24) is 0 Å². The fourth-order valence-corrected chi connectivity index (χ4v) is 1.76. The van der Waals surface area contributed by atoms with Crippen LogP contribution in [0.1, 0.15) is 20.8 Å². The normalized spacial score (nSPS) is 11.3. The summed E-state index contributed by atoms with van der Waals surface area (Å²) in [7, 11) is 0. The minimum absolute atomic E-state index is 0.444. The molecular weight excluding hydrogens is 242 g/mol. The van der Waals surface area contributed by atoms with Gasteiger partial charge in [0.15, 0.2) is 0 Å². The van der Waals surface area contributed by atoms with Gasteiger partial charge in [0, 0.05) is 16.5 Å². The third-order valence-corrected chi connectivity index (χ3v) is 2.50. The average molecular weight is 259 g/mol. The Balaban J connectivity index is 2.31. The number of hydrogen-bond acceptors (Lipinski definition) is 4. The molecule has 0 amide bonds. The maximum atomic E-state index is 11.7. The molecule has 4 nitrogen and oxygen atoms in total. The van der Waals surface area contributed by atoms with E-state index in [4.69, 9.17) is 15.2 Å². The second-order valence-corrected chi connectivity index (χ2v) is 5.27. The highest BCUT2D eigenvalue weighted by atomic mass is 16.7. The third-order valence-electron chi connectivity index (χ3n) is 2.50. The summed E-state index contributed by atoms with van der Waals surface area (Å²) in [6.07, 6.45) is -0.720. The first-order valence-corrected chi connectivity index (χ1v) is 6.05. The molecule has 0 radical (unpaired) electrons. The minimum Gasteiger partial charge on any atom is -0.428 e. The molecule has 2 rings (SSSR count). The maximum absolute atomic E-state index is 11.7. The van der Waals surface area contributed by atoms with Crippen molar-refractivity contribution in [3.05, 3.63) is 36.4 Å². The van der Waals surface area contributed by atoms with Crippen LogP contribution in [0.15, 0.2) is 36.4 Å². The number of anilines is 1. The van der Waals surface area contributed by atoms with E-state index in [0.29, 0.717) is 11.4 Å². The van der Waals surface area contributed by atoms with E-state index in [9.17, 15) is 4.79 Å². The molecule has 0 spiro atoms. The van der Waals surface area contributed by atoms with E-state index < -0.39 is 11.8 Å². The summed E-state index contributed by atoms with van der Waals surface area (Å²) in [4.78, 5) is 11.7. The summed E-state index contributed by atoms with van der Waals surface area (Å²) in [6.45, 7) is 5.36. The van der Waals surface area contributed by atoms with E-state index in [1.54, 1.807) is 39.0 Å². The lowest BCUT2D eigenvalue weighted by molar-refractivity contribution is 0.0209. The van der Waals surface area contributed by atoms with E-state index in [0.717, 1.165) is 10.8 Å². The molecule has 0 saturated heterocycles. The Morgan fingerprint density at radius 2 is 1.68 bits per heavy atom. The van der Waals surface area contributed by atoms with Gasteiger partial charge in [-0.25, -0.2) is 4.79 Å². The predicted octanol–water partition coefficient (Wildman–Crippen LogP) is 3.74. The average Bonchev–Trinajstić information content (AvgIpc) is 2.28. The van der Waals surface area contributed by atoms with Crippen LogP contribution < -0.4 is 10.5 Å². The van der Waals surface area contributed by atoms with Crippen LogP contribution in [-0.4, -0.2) is 11.8 Å². The predicted molar refractivity (Wildman–Crippen MR) is 75.2 cm³/mol. The lowest BCUT2D eigenvalue weighted by atomic mass is 10.1. The zero-order chi connectivity index (χ0) is 14.0. The number of nitrogen functional groups attached to an aromatic ring is 1. The highest BCUT2D eigenvalue weighted by molar-refractivity contribution is 5.97. The first-order chi connectivity index (χ1) is 8.87. The molecule has 0 unspecified atom stereocenters. The van der Waals surface area contributed by atoms with Crippen LogP contribution in [0, 0.1) is 0 Å². The number of hydrogen-bond donors (Lipinski definition) is 1. The standard InChI is InChI=1S/C15H17NO3/c1-15(2,3)19-14(17)18-13-9-5-6-10-11(13)7-4-8-12(10)16/h4-9H,16H2,1-3H3. The highest BCUT2D eigenvalue weighted by Gasteiger charge is 2.18. The second kappa shape index (κ2) is 4.80. The molecule has 0 aliphatic rings. The molecule has 4 heteroatoms. The van der Waals surface area contributed by atoms with Crippen LogP contribution in [-0.2, 0) is 4.74 Å². The Bertz CT molecular complexity index is 614. The zero-order valence-corrected chi connectivity index (χ0v) is 11.3. The van der Waals surface area contributed by atoms with Crippen LogP contribution >= 0.6 is 0 Å². The number of ether oxygens (including phenoxy) is 2. The SMILES string of the molecule is CC(C)(C)OC(=O)Oc1cccc2c(N)cccc12. The quantitative estimate of drug-likeness (QED) is 0.481. The molecule has 0 bridgehead atoms. The zero-order valence-electron chi connectivity index (χ0n) is 11.3. The highest BCUT2D eigenvalue weighted by Crippen LogP contribution is 2.29. The van der Waals surface area contributed by atoms with Crippen LogP contribution in [0.2, 0.25) is 0 Å². The molecule has 0 saturated carbocycles.